The van der Waals surface area contributed by atoms with Crippen molar-refractivity contribution in [3.63, 3.8) is 0 Å². The highest BCUT2D eigenvalue weighted by Gasteiger charge is 2.16. The second-order valence-electron chi connectivity index (χ2n) is 5.85. The first kappa shape index (κ1) is 15.7. The normalized spacial score (nSPS) is 12.4. The Kier molecular flexibility index (Phi) is 5.16. The maximum atomic E-state index is 5.86. The molecule has 0 saturated carbocycles. The van der Waals surface area contributed by atoms with E-state index < -0.39 is 0 Å². The molecule has 0 saturated heterocycles. The first-order valence-electron chi connectivity index (χ1n) is 7.67. The van der Waals surface area contributed by atoms with Crippen molar-refractivity contribution in [2.75, 3.05) is 0 Å². The van der Waals surface area contributed by atoms with E-state index in [1.165, 1.54) is 33.4 Å². The molecule has 21 heavy (non-hydrogen) atoms. The Morgan fingerprint density at radius 3 is 2.24 bits per heavy atom. The lowest BCUT2D eigenvalue weighted by Gasteiger charge is -2.22. The van der Waals surface area contributed by atoms with E-state index in [1.54, 1.807) is 0 Å². The first-order chi connectivity index (χ1) is 10.1. The summed E-state index contributed by atoms with van der Waals surface area (Å²) in [4.78, 5) is 0. The van der Waals surface area contributed by atoms with Crippen LogP contribution in [0, 0.1) is 20.8 Å². The van der Waals surface area contributed by atoms with Crippen LogP contribution in [0.15, 0.2) is 36.4 Å². The minimum atomic E-state index is 0.154. The average molecular weight is 282 g/mol. The van der Waals surface area contributed by atoms with E-state index in [1.807, 2.05) is 0 Å². The van der Waals surface area contributed by atoms with Crippen LogP contribution in [0.1, 0.15) is 46.3 Å². The predicted octanol–water partition coefficient (Wildman–Crippen LogP) is 3.92. The van der Waals surface area contributed by atoms with Gasteiger partial charge in [-0.1, -0.05) is 48.9 Å². The van der Waals surface area contributed by atoms with Crippen LogP contribution >= 0.6 is 0 Å². The maximum Gasteiger partial charge on any atom is 0.0503 e. The minimum Gasteiger partial charge on any atom is -0.271 e. The number of rotatable bonds is 5. The lowest BCUT2D eigenvalue weighted by atomic mass is 9.89. The lowest BCUT2D eigenvalue weighted by molar-refractivity contribution is 0.545. The van der Waals surface area contributed by atoms with Crippen LogP contribution in [-0.2, 0) is 12.8 Å². The van der Waals surface area contributed by atoms with Gasteiger partial charge in [0.05, 0.1) is 6.04 Å². The largest absolute Gasteiger partial charge is 0.271 e. The van der Waals surface area contributed by atoms with Gasteiger partial charge in [-0.25, -0.2) is 0 Å². The molecule has 2 aromatic carbocycles. The minimum absolute atomic E-state index is 0.154. The topological polar surface area (TPSA) is 38.0 Å². The molecule has 0 spiro atoms. The van der Waals surface area contributed by atoms with E-state index in [9.17, 15) is 0 Å². The molecule has 2 heteroatoms. The number of nitrogens with two attached hydrogens (primary N) is 1. The first-order valence-corrected chi connectivity index (χ1v) is 7.67. The van der Waals surface area contributed by atoms with Crippen molar-refractivity contribution in [2.24, 2.45) is 5.84 Å². The number of benzene rings is 2. The highest BCUT2D eigenvalue weighted by atomic mass is 15.2. The van der Waals surface area contributed by atoms with Crippen molar-refractivity contribution in [1.82, 2.24) is 5.43 Å². The Balaban J connectivity index is 2.36. The van der Waals surface area contributed by atoms with Crippen molar-refractivity contribution in [1.29, 1.82) is 0 Å². The predicted molar refractivity (Wildman–Crippen MR) is 90.2 cm³/mol. The van der Waals surface area contributed by atoms with Gasteiger partial charge in [0.25, 0.3) is 0 Å². The van der Waals surface area contributed by atoms with Gasteiger partial charge < -0.3 is 0 Å². The summed E-state index contributed by atoms with van der Waals surface area (Å²) in [5, 5.41) is 0. The molecule has 2 rings (SSSR count). The standard InChI is InChI=1S/C19H26N2/c1-5-16-8-6-7-9-17(16)19(21-20)12-18-14(3)10-13(2)11-15(18)4/h6-11,19,21H,5,12,20H2,1-4H3. The van der Waals surface area contributed by atoms with Gasteiger partial charge >= 0.3 is 0 Å². The second kappa shape index (κ2) is 6.88. The maximum absolute atomic E-state index is 5.86. The number of nitrogens with one attached hydrogen (secondary N) is 1. The molecule has 3 N–H and O–H groups in total. The molecule has 112 valence electrons. The van der Waals surface area contributed by atoms with E-state index in [4.69, 9.17) is 5.84 Å². The summed E-state index contributed by atoms with van der Waals surface area (Å²) in [7, 11) is 0. The van der Waals surface area contributed by atoms with Crippen molar-refractivity contribution in [2.45, 2.75) is 46.6 Å². The molecule has 0 fully saturated rings. The van der Waals surface area contributed by atoms with E-state index in [2.05, 4.69) is 69.5 Å². The molecule has 0 aliphatic carbocycles. The van der Waals surface area contributed by atoms with Crippen LogP contribution in [-0.4, -0.2) is 0 Å². The molecule has 0 heterocycles. The molecule has 0 amide bonds. The summed E-state index contributed by atoms with van der Waals surface area (Å²) in [6.07, 6.45) is 1.95. The van der Waals surface area contributed by atoms with Crippen molar-refractivity contribution in [3.05, 3.63) is 69.8 Å². The second-order valence-corrected chi connectivity index (χ2v) is 5.85. The quantitative estimate of drug-likeness (QED) is 0.644. The smallest absolute Gasteiger partial charge is 0.0503 e. The molecule has 0 radical (unpaired) electrons. The third-order valence-corrected chi connectivity index (χ3v) is 4.26. The highest BCUT2D eigenvalue weighted by molar-refractivity contribution is 5.40. The van der Waals surface area contributed by atoms with E-state index in [0.717, 1.165) is 12.8 Å². The summed E-state index contributed by atoms with van der Waals surface area (Å²) in [6.45, 7) is 8.72. The van der Waals surface area contributed by atoms with Gasteiger partial charge in [-0.2, -0.15) is 0 Å². The molecule has 0 aliphatic rings. The number of hydrogen-bond acceptors (Lipinski definition) is 2. The lowest BCUT2D eigenvalue weighted by Crippen LogP contribution is -2.30. The number of hydrogen-bond donors (Lipinski definition) is 2. The van der Waals surface area contributed by atoms with Crippen molar-refractivity contribution in [3.8, 4) is 0 Å². The van der Waals surface area contributed by atoms with Gasteiger partial charge in [-0.15, -0.1) is 0 Å². The Bertz CT molecular complexity index is 594. The molecular weight excluding hydrogens is 256 g/mol. The van der Waals surface area contributed by atoms with E-state index in [-0.39, 0.29) is 6.04 Å². The Morgan fingerprint density at radius 2 is 1.67 bits per heavy atom. The van der Waals surface area contributed by atoms with Crippen LogP contribution in [0.3, 0.4) is 0 Å². The monoisotopic (exact) mass is 282 g/mol. The number of aryl methyl sites for hydroxylation is 4. The third-order valence-electron chi connectivity index (χ3n) is 4.26. The third kappa shape index (κ3) is 3.52. The van der Waals surface area contributed by atoms with Crippen LogP contribution in [0.25, 0.3) is 0 Å². The Labute approximate surface area is 128 Å². The van der Waals surface area contributed by atoms with Gasteiger partial charge in [0.15, 0.2) is 0 Å². The summed E-state index contributed by atoms with van der Waals surface area (Å²) < 4.78 is 0. The van der Waals surface area contributed by atoms with Gasteiger partial charge in [0.2, 0.25) is 0 Å². The average Bonchev–Trinajstić information content (AvgIpc) is 2.46. The van der Waals surface area contributed by atoms with Crippen molar-refractivity contribution >= 4 is 0 Å². The zero-order valence-electron chi connectivity index (χ0n) is 13.5. The SMILES string of the molecule is CCc1ccccc1C(Cc1c(C)cc(C)cc1C)NN. The van der Waals surface area contributed by atoms with Crippen LogP contribution < -0.4 is 11.3 Å². The fourth-order valence-electron chi connectivity index (χ4n) is 3.19. The summed E-state index contributed by atoms with van der Waals surface area (Å²) in [5.41, 5.74) is 11.1. The summed E-state index contributed by atoms with van der Waals surface area (Å²) >= 11 is 0. The summed E-state index contributed by atoms with van der Waals surface area (Å²) in [6, 6.07) is 13.2. The van der Waals surface area contributed by atoms with Gasteiger partial charge in [0, 0.05) is 0 Å². The molecule has 1 unspecified atom stereocenters. The van der Waals surface area contributed by atoms with Crippen LogP contribution in [0.5, 0.6) is 0 Å². The zero-order chi connectivity index (χ0) is 15.4. The van der Waals surface area contributed by atoms with Crippen LogP contribution in [0.4, 0.5) is 0 Å². The molecule has 0 bridgehead atoms. The molecule has 2 aromatic rings. The Hall–Kier alpha value is -1.64. The van der Waals surface area contributed by atoms with Gasteiger partial charge in [-0.05, 0) is 61.4 Å². The summed E-state index contributed by atoms with van der Waals surface area (Å²) in [5.74, 6) is 5.86. The van der Waals surface area contributed by atoms with Crippen molar-refractivity contribution < 1.29 is 0 Å². The molecule has 0 aromatic heterocycles. The Morgan fingerprint density at radius 1 is 1.05 bits per heavy atom. The van der Waals surface area contributed by atoms with Gasteiger partial charge in [0.1, 0.15) is 0 Å². The molecular formula is C19H26N2. The fraction of sp³-hybridized carbons (Fsp3) is 0.368. The zero-order valence-corrected chi connectivity index (χ0v) is 13.5. The van der Waals surface area contributed by atoms with Crippen LogP contribution in [0.2, 0.25) is 0 Å². The molecule has 1 atom stereocenters. The van der Waals surface area contributed by atoms with E-state index in [0.29, 0.717) is 0 Å². The number of hydrazine groups is 1. The molecule has 0 aliphatic heterocycles. The highest BCUT2D eigenvalue weighted by Crippen LogP contribution is 2.26. The molecule has 2 nitrogen and oxygen atoms in total. The fourth-order valence-corrected chi connectivity index (χ4v) is 3.19. The van der Waals surface area contributed by atoms with E-state index >= 15 is 0 Å². The van der Waals surface area contributed by atoms with Gasteiger partial charge in [-0.3, -0.25) is 11.3 Å².